The highest BCUT2D eigenvalue weighted by molar-refractivity contribution is 8.00. The first-order valence-electron chi connectivity index (χ1n) is 7.86. The molecule has 0 aliphatic heterocycles. The van der Waals surface area contributed by atoms with Gasteiger partial charge in [-0.1, -0.05) is 12.8 Å². The quantitative estimate of drug-likeness (QED) is 0.803. The molecule has 3 rings (SSSR count). The number of thiophene rings is 1. The summed E-state index contributed by atoms with van der Waals surface area (Å²) in [6.07, 6.45) is 6.50. The molecule has 1 fully saturated rings. The maximum Gasteiger partial charge on any atom is 0.230 e. The average Bonchev–Trinajstić information content (AvgIpc) is 3.33. The molecule has 0 aromatic carbocycles. The summed E-state index contributed by atoms with van der Waals surface area (Å²) in [4.78, 5) is 12.1. The Morgan fingerprint density at radius 1 is 1.43 bits per heavy atom. The van der Waals surface area contributed by atoms with Crippen molar-refractivity contribution >= 4 is 29.0 Å². The van der Waals surface area contributed by atoms with Gasteiger partial charge in [0.15, 0.2) is 5.60 Å². The lowest BCUT2D eigenvalue weighted by Crippen LogP contribution is -2.42. The molecule has 2 heterocycles. The standard InChI is InChI=1S/C17H21NO3S2/c19-16(11-23-14-4-1-2-5-14)18-12-17(20,13-7-9-22-10-13)15-6-3-8-21-15/h3,6-10,14,20H,1-2,4-5,11-12H2,(H,18,19). The Balaban J connectivity index is 1.60. The monoisotopic (exact) mass is 351 g/mol. The van der Waals surface area contributed by atoms with Gasteiger partial charge in [0.05, 0.1) is 18.6 Å². The minimum atomic E-state index is -1.32. The van der Waals surface area contributed by atoms with E-state index in [1.54, 1.807) is 23.9 Å². The highest BCUT2D eigenvalue weighted by Crippen LogP contribution is 2.31. The molecule has 1 atom stereocenters. The Labute approximate surface area is 144 Å². The summed E-state index contributed by atoms with van der Waals surface area (Å²) < 4.78 is 5.39. The highest BCUT2D eigenvalue weighted by Gasteiger charge is 2.35. The van der Waals surface area contributed by atoms with Gasteiger partial charge in [0.2, 0.25) is 5.91 Å². The lowest BCUT2D eigenvalue weighted by Gasteiger charge is -2.25. The molecule has 23 heavy (non-hydrogen) atoms. The molecule has 1 aliphatic carbocycles. The number of thioether (sulfide) groups is 1. The summed E-state index contributed by atoms with van der Waals surface area (Å²) in [6, 6.07) is 5.33. The van der Waals surface area contributed by atoms with E-state index in [1.165, 1.54) is 43.3 Å². The van der Waals surface area contributed by atoms with Crippen LogP contribution >= 0.6 is 23.1 Å². The summed E-state index contributed by atoms with van der Waals surface area (Å²) in [7, 11) is 0. The van der Waals surface area contributed by atoms with Crippen LogP contribution in [0, 0.1) is 0 Å². The van der Waals surface area contributed by atoms with Gasteiger partial charge in [0, 0.05) is 10.8 Å². The maximum absolute atomic E-state index is 12.1. The Morgan fingerprint density at radius 2 is 2.26 bits per heavy atom. The van der Waals surface area contributed by atoms with E-state index in [0.717, 1.165) is 5.56 Å². The van der Waals surface area contributed by atoms with Gasteiger partial charge >= 0.3 is 0 Å². The molecule has 4 nitrogen and oxygen atoms in total. The molecule has 0 bridgehead atoms. The lowest BCUT2D eigenvalue weighted by atomic mass is 9.93. The van der Waals surface area contributed by atoms with E-state index < -0.39 is 5.60 Å². The van der Waals surface area contributed by atoms with Gasteiger partial charge < -0.3 is 14.8 Å². The summed E-state index contributed by atoms with van der Waals surface area (Å²) in [5, 5.41) is 18.3. The smallest absolute Gasteiger partial charge is 0.230 e. The molecular formula is C17H21NO3S2. The van der Waals surface area contributed by atoms with Crippen LogP contribution in [-0.4, -0.2) is 28.6 Å². The number of hydrogen-bond donors (Lipinski definition) is 2. The van der Waals surface area contributed by atoms with Crippen molar-refractivity contribution in [1.82, 2.24) is 5.32 Å². The summed E-state index contributed by atoms with van der Waals surface area (Å²) in [5.41, 5.74) is -0.585. The van der Waals surface area contributed by atoms with Crippen LogP contribution in [-0.2, 0) is 10.4 Å². The fraction of sp³-hybridized carbons (Fsp3) is 0.471. The predicted octanol–water partition coefficient (Wildman–Crippen LogP) is 3.37. The topological polar surface area (TPSA) is 62.5 Å². The van der Waals surface area contributed by atoms with E-state index in [1.807, 2.05) is 16.8 Å². The van der Waals surface area contributed by atoms with Crippen molar-refractivity contribution in [3.8, 4) is 0 Å². The molecule has 6 heteroatoms. The van der Waals surface area contributed by atoms with E-state index in [4.69, 9.17) is 4.42 Å². The lowest BCUT2D eigenvalue weighted by molar-refractivity contribution is -0.119. The first-order valence-corrected chi connectivity index (χ1v) is 9.85. The van der Waals surface area contributed by atoms with Crippen LogP contribution in [0.2, 0.25) is 0 Å². The van der Waals surface area contributed by atoms with Crippen LogP contribution in [0.4, 0.5) is 0 Å². The number of aliphatic hydroxyl groups is 1. The second-order valence-electron chi connectivity index (χ2n) is 5.84. The third kappa shape index (κ3) is 4.00. The molecule has 124 valence electrons. The van der Waals surface area contributed by atoms with Crippen molar-refractivity contribution in [2.45, 2.75) is 36.5 Å². The van der Waals surface area contributed by atoms with Crippen molar-refractivity contribution in [1.29, 1.82) is 0 Å². The molecule has 2 N–H and O–H groups in total. The molecule has 1 aliphatic rings. The first kappa shape index (κ1) is 16.6. The molecule has 0 spiro atoms. The van der Waals surface area contributed by atoms with Crippen LogP contribution in [0.3, 0.4) is 0 Å². The summed E-state index contributed by atoms with van der Waals surface area (Å²) in [5.74, 6) is 0.851. The van der Waals surface area contributed by atoms with Crippen LogP contribution in [0.15, 0.2) is 39.6 Å². The number of carbonyl (C=O) groups is 1. The van der Waals surface area contributed by atoms with E-state index in [0.29, 0.717) is 16.8 Å². The van der Waals surface area contributed by atoms with Gasteiger partial charge in [-0.05, 0) is 41.8 Å². The molecule has 1 unspecified atom stereocenters. The van der Waals surface area contributed by atoms with Crippen LogP contribution in [0.1, 0.15) is 37.0 Å². The Hall–Kier alpha value is -1.24. The van der Waals surface area contributed by atoms with E-state index in [2.05, 4.69) is 5.32 Å². The second kappa shape index (κ2) is 7.55. The fourth-order valence-electron chi connectivity index (χ4n) is 2.87. The van der Waals surface area contributed by atoms with Crippen LogP contribution < -0.4 is 5.32 Å². The highest BCUT2D eigenvalue weighted by atomic mass is 32.2. The molecule has 0 radical (unpaired) electrons. The Kier molecular flexibility index (Phi) is 5.46. The van der Waals surface area contributed by atoms with Gasteiger partial charge in [-0.3, -0.25) is 4.79 Å². The van der Waals surface area contributed by atoms with Gasteiger partial charge in [0.25, 0.3) is 0 Å². The minimum absolute atomic E-state index is 0.0397. The van der Waals surface area contributed by atoms with Crippen molar-refractivity contribution < 1.29 is 14.3 Å². The van der Waals surface area contributed by atoms with Gasteiger partial charge in [-0.2, -0.15) is 11.3 Å². The summed E-state index contributed by atoms with van der Waals surface area (Å²) in [6.45, 7) is 0.112. The first-order chi connectivity index (χ1) is 11.2. The third-order valence-electron chi connectivity index (χ3n) is 4.22. The number of amides is 1. The van der Waals surface area contributed by atoms with Crippen molar-refractivity contribution in [2.24, 2.45) is 0 Å². The predicted molar refractivity (Wildman–Crippen MR) is 93.7 cm³/mol. The Bertz CT molecular complexity index is 570. The number of nitrogens with one attached hydrogen (secondary N) is 1. The zero-order valence-electron chi connectivity index (χ0n) is 12.9. The van der Waals surface area contributed by atoms with Gasteiger partial charge in [0.1, 0.15) is 5.76 Å². The minimum Gasteiger partial charge on any atom is -0.466 e. The van der Waals surface area contributed by atoms with E-state index in [-0.39, 0.29) is 12.5 Å². The zero-order valence-corrected chi connectivity index (χ0v) is 14.5. The average molecular weight is 351 g/mol. The molecule has 1 amide bonds. The fourth-order valence-corrected chi connectivity index (χ4v) is 4.75. The van der Waals surface area contributed by atoms with Crippen molar-refractivity contribution in [2.75, 3.05) is 12.3 Å². The van der Waals surface area contributed by atoms with Gasteiger partial charge in [-0.15, -0.1) is 11.8 Å². The van der Waals surface area contributed by atoms with Crippen molar-refractivity contribution in [3.05, 3.63) is 46.5 Å². The normalized spacial score (nSPS) is 18.0. The number of rotatable bonds is 7. The van der Waals surface area contributed by atoms with Gasteiger partial charge in [-0.25, -0.2) is 0 Å². The zero-order chi connectivity index (χ0) is 16.1. The number of carbonyl (C=O) groups excluding carboxylic acids is 1. The number of furan rings is 1. The second-order valence-corrected chi connectivity index (χ2v) is 7.91. The molecule has 2 aromatic heterocycles. The van der Waals surface area contributed by atoms with Crippen LogP contribution in [0.25, 0.3) is 0 Å². The third-order valence-corrected chi connectivity index (χ3v) is 6.28. The van der Waals surface area contributed by atoms with E-state index in [9.17, 15) is 9.90 Å². The molecular weight excluding hydrogens is 330 g/mol. The Morgan fingerprint density at radius 3 is 2.91 bits per heavy atom. The van der Waals surface area contributed by atoms with E-state index >= 15 is 0 Å². The van der Waals surface area contributed by atoms with Crippen molar-refractivity contribution in [3.63, 3.8) is 0 Å². The summed E-state index contributed by atoms with van der Waals surface area (Å²) >= 11 is 3.23. The largest absolute Gasteiger partial charge is 0.466 e. The molecule has 0 saturated heterocycles. The maximum atomic E-state index is 12.1. The van der Waals surface area contributed by atoms with Crippen LogP contribution in [0.5, 0.6) is 0 Å². The molecule has 2 aromatic rings. The molecule has 1 saturated carbocycles. The SMILES string of the molecule is O=C(CSC1CCCC1)NCC(O)(c1ccsc1)c1ccco1. The number of hydrogen-bond acceptors (Lipinski definition) is 5.